The normalized spacial score (nSPS) is 16.8. The van der Waals surface area contributed by atoms with E-state index in [4.69, 9.17) is 0 Å². The van der Waals surface area contributed by atoms with E-state index in [0.717, 1.165) is 12.8 Å². The van der Waals surface area contributed by atoms with Crippen molar-refractivity contribution in [2.75, 3.05) is 0 Å². The first kappa shape index (κ1) is 39.9. The molecule has 0 fully saturated rings. The first-order chi connectivity index (χ1) is 15.4. The molecule has 196 valence electrons. The van der Waals surface area contributed by atoms with E-state index in [2.05, 4.69) is 127 Å². The molecule has 36 heavy (non-hydrogen) atoms. The molecule has 0 nitrogen and oxygen atoms in total. The number of hydrogen-bond acceptors (Lipinski definition) is 0. The summed E-state index contributed by atoms with van der Waals surface area (Å²) in [5.74, 6) is 0.926. The molecule has 2 atom stereocenters. The second kappa shape index (κ2) is 20.4. The van der Waals surface area contributed by atoms with Gasteiger partial charge in [0.05, 0.1) is 0 Å². The monoisotopic (exact) mass is 660 g/mol. The van der Waals surface area contributed by atoms with Crippen LogP contribution in [0.2, 0.25) is 0 Å². The van der Waals surface area contributed by atoms with Gasteiger partial charge in [-0.05, 0) is 24.0 Å². The molecule has 0 bridgehead atoms. The fourth-order valence-corrected chi connectivity index (χ4v) is 4.21. The van der Waals surface area contributed by atoms with Gasteiger partial charge < -0.3 is 14.9 Å². The van der Waals surface area contributed by atoms with Crippen molar-refractivity contribution in [2.24, 2.45) is 11.8 Å². The summed E-state index contributed by atoms with van der Waals surface area (Å²) in [5.41, 5.74) is 10.8. The summed E-state index contributed by atoms with van der Waals surface area (Å²) in [6.07, 6.45) is 13.6. The van der Waals surface area contributed by atoms with Crippen molar-refractivity contribution in [1.82, 2.24) is 0 Å². The summed E-state index contributed by atoms with van der Waals surface area (Å²) in [6.45, 7) is 13.0. The third-order valence-corrected chi connectivity index (χ3v) is 5.82. The van der Waals surface area contributed by atoms with Crippen LogP contribution in [0.5, 0.6) is 0 Å². The van der Waals surface area contributed by atoms with Gasteiger partial charge in [0.15, 0.2) is 0 Å². The van der Waals surface area contributed by atoms with Crippen LogP contribution in [0, 0.1) is 38.8 Å². The van der Waals surface area contributed by atoms with Crippen LogP contribution in [0.25, 0.3) is 11.1 Å². The number of allylic oxidation sites excluding steroid dienone is 8. The van der Waals surface area contributed by atoms with Crippen molar-refractivity contribution in [2.45, 2.75) is 54.4 Å². The summed E-state index contributed by atoms with van der Waals surface area (Å²) < 4.78 is 0. The van der Waals surface area contributed by atoms with Gasteiger partial charge in [-0.3, -0.25) is 12.2 Å². The zero-order valence-corrected chi connectivity index (χ0v) is 29.3. The molecule has 2 aliphatic rings. The fourth-order valence-electron chi connectivity index (χ4n) is 4.21. The Bertz CT molecular complexity index is 966. The van der Waals surface area contributed by atoms with Gasteiger partial charge in [-0.2, -0.15) is 23.3 Å². The van der Waals surface area contributed by atoms with Crippen LogP contribution in [0.3, 0.4) is 0 Å². The van der Waals surface area contributed by atoms with Crippen LogP contribution >= 0.6 is 24.8 Å². The second-order valence-corrected chi connectivity index (χ2v) is 8.38. The number of halogens is 2. The van der Waals surface area contributed by atoms with E-state index >= 15 is 0 Å². The molecule has 0 spiro atoms. The Morgan fingerprint density at radius 2 is 1.03 bits per heavy atom. The van der Waals surface area contributed by atoms with Crippen molar-refractivity contribution in [3.8, 4) is 0 Å². The number of rotatable bonds is 4. The third kappa shape index (κ3) is 11.4. The van der Waals surface area contributed by atoms with E-state index in [0.29, 0.717) is 11.8 Å². The quantitative estimate of drug-likeness (QED) is 0.226. The molecule has 0 amide bonds. The second-order valence-electron chi connectivity index (χ2n) is 8.38. The fraction of sp³-hybridized carbons (Fsp3) is 0.312. The first-order valence-electron chi connectivity index (χ1n) is 11.5. The third-order valence-electron chi connectivity index (χ3n) is 5.82. The Balaban J connectivity index is -0.000000513. The van der Waals surface area contributed by atoms with Crippen molar-refractivity contribution in [3.05, 3.63) is 121 Å². The van der Waals surface area contributed by atoms with Crippen molar-refractivity contribution in [1.29, 1.82) is 0 Å². The predicted octanol–water partition coefficient (Wildman–Crippen LogP) is 9.42. The van der Waals surface area contributed by atoms with Crippen LogP contribution in [-0.4, -0.2) is 12.1 Å². The van der Waals surface area contributed by atoms with Gasteiger partial charge in [-0.25, -0.2) is 11.1 Å². The Morgan fingerprint density at radius 1 is 0.694 bits per heavy atom. The summed E-state index contributed by atoms with van der Waals surface area (Å²) in [6, 6.07) is 17.6. The van der Waals surface area contributed by atoms with Gasteiger partial charge in [0.1, 0.15) is 0 Å². The van der Waals surface area contributed by atoms with E-state index in [1.165, 1.54) is 44.5 Å². The van der Waals surface area contributed by atoms with E-state index in [1.54, 1.807) is 21.6 Å². The van der Waals surface area contributed by atoms with Crippen LogP contribution in [0.4, 0.5) is 0 Å². The van der Waals surface area contributed by atoms with Gasteiger partial charge in [0.2, 0.25) is 0 Å². The molecule has 2 aromatic carbocycles. The molecule has 0 saturated heterocycles. The van der Waals surface area contributed by atoms with Crippen LogP contribution in [0.15, 0.2) is 71.8 Å². The Hall–Kier alpha value is -0.594. The molecular formula is C32H42Cl2GeZr-4. The minimum absolute atomic E-state index is 0. The van der Waals surface area contributed by atoms with E-state index in [-0.39, 0.29) is 39.7 Å². The summed E-state index contributed by atoms with van der Waals surface area (Å²) in [7, 11) is 0. The van der Waals surface area contributed by atoms with E-state index < -0.39 is 0 Å². The van der Waals surface area contributed by atoms with Crippen LogP contribution in [-0.2, 0) is 34.4 Å². The van der Waals surface area contributed by atoms with Crippen LogP contribution < -0.4 is 0 Å². The molecule has 0 aromatic heterocycles. The maximum atomic E-state index is 3.43. The summed E-state index contributed by atoms with van der Waals surface area (Å²) in [5, 5.41) is 0. The van der Waals surface area contributed by atoms with Gasteiger partial charge in [-0.15, -0.1) is 35.9 Å². The number of hydrogen-bond donors (Lipinski definition) is 0. The molecule has 0 aliphatic heterocycles. The molecule has 2 unspecified atom stereocenters. The molecule has 4 heteroatoms. The van der Waals surface area contributed by atoms with Gasteiger partial charge in [0, 0.05) is 0 Å². The number of aryl methyl sites for hydroxylation is 2. The molecule has 2 aliphatic carbocycles. The van der Waals surface area contributed by atoms with Crippen molar-refractivity contribution < 1.29 is 21.6 Å². The van der Waals surface area contributed by atoms with Crippen molar-refractivity contribution in [3.63, 3.8) is 0 Å². The summed E-state index contributed by atoms with van der Waals surface area (Å²) >= 11 is 3.64. The molecule has 0 N–H and O–H groups in total. The SMILES string of the molecule is CCc1cccc(C2=CC(C)[C-]=C2C)c1.CCc1cccc(C2=CC(C)[C-]=C2C)c1.Cl.Cl.[CH3-].[CH3-].[Ge]=[Zr]. The van der Waals surface area contributed by atoms with E-state index in [1.807, 2.05) is 0 Å². The summed E-state index contributed by atoms with van der Waals surface area (Å²) in [4.78, 5) is 0. The average Bonchev–Trinajstić information content (AvgIpc) is 3.34. The Morgan fingerprint density at radius 3 is 1.28 bits per heavy atom. The molecule has 2 radical (unpaired) electrons. The average molecular weight is 661 g/mol. The molecule has 4 rings (SSSR count). The topological polar surface area (TPSA) is 0 Å². The van der Waals surface area contributed by atoms with Crippen LogP contribution in [0.1, 0.15) is 63.8 Å². The standard InChI is InChI=1S/2C15H17.2CH3.2ClH.Ge.Zr/c2*1-4-13-6-5-7-14(10-13)15-9-11(2)8-12(15)3;;;;;;/h2*5-7,9-11H,4H2,1-3H3;2*1H3;2*1H;;/q4*-1;;;;. The van der Waals surface area contributed by atoms with Gasteiger partial charge in [0.25, 0.3) is 0 Å². The Kier molecular flexibility index (Phi) is 22.6. The van der Waals surface area contributed by atoms with Crippen molar-refractivity contribution >= 4 is 48.1 Å². The predicted molar refractivity (Wildman–Crippen MR) is 164 cm³/mol. The van der Waals surface area contributed by atoms with Gasteiger partial charge in [-0.1, -0.05) is 102 Å². The Labute approximate surface area is 255 Å². The molecule has 0 saturated carbocycles. The number of benzene rings is 2. The minimum atomic E-state index is 0. The molecular weight excluding hydrogens is 619 g/mol. The molecule has 0 heterocycles. The first-order valence-corrected chi connectivity index (χ1v) is 18.9. The zero-order valence-electron chi connectivity index (χ0n) is 23.2. The zero-order chi connectivity index (χ0) is 23.7. The maximum absolute atomic E-state index is 3.43. The van der Waals surface area contributed by atoms with E-state index in [9.17, 15) is 0 Å². The van der Waals surface area contributed by atoms with Gasteiger partial charge >= 0.3 is 33.7 Å². The molecule has 2 aromatic rings.